The van der Waals surface area contributed by atoms with Crippen LogP contribution in [0.5, 0.6) is 5.75 Å². The molecular weight excluding hydrogens is 308 g/mol. The van der Waals surface area contributed by atoms with Gasteiger partial charge in [0.05, 0.1) is 24.3 Å². The van der Waals surface area contributed by atoms with E-state index in [0.29, 0.717) is 5.56 Å². The maximum absolute atomic E-state index is 11.6. The predicted molar refractivity (Wildman–Crippen MR) is 77.5 cm³/mol. The van der Waals surface area contributed by atoms with Gasteiger partial charge in [-0.15, -0.1) is 0 Å². The molecule has 0 N–H and O–H groups in total. The second kappa shape index (κ2) is 5.89. The van der Waals surface area contributed by atoms with Gasteiger partial charge in [-0.2, -0.15) is 0 Å². The average molecular weight is 321 g/mol. The third-order valence-corrected chi connectivity index (χ3v) is 3.39. The number of para-hydroxylation sites is 1. The molecular formula is C15H13BrO3. The van der Waals surface area contributed by atoms with Gasteiger partial charge in [-0.25, -0.2) is 4.79 Å². The van der Waals surface area contributed by atoms with E-state index < -0.39 is 0 Å². The zero-order valence-electron chi connectivity index (χ0n) is 10.6. The third-order valence-electron chi connectivity index (χ3n) is 2.77. The van der Waals surface area contributed by atoms with Crippen molar-refractivity contribution in [2.45, 2.75) is 0 Å². The number of methoxy groups -OCH3 is 2. The third kappa shape index (κ3) is 2.79. The predicted octanol–water partition coefficient (Wildman–Crippen LogP) is 3.91. The molecule has 98 valence electrons. The lowest BCUT2D eigenvalue weighted by Crippen LogP contribution is -2.01. The number of hydrogen-bond acceptors (Lipinski definition) is 3. The highest BCUT2D eigenvalue weighted by Crippen LogP contribution is 2.36. The first-order chi connectivity index (χ1) is 9.17. The molecule has 3 nitrogen and oxygen atoms in total. The van der Waals surface area contributed by atoms with Gasteiger partial charge < -0.3 is 9.47 Å². The molecule has 0 aliphatic heterocycles. The Morgan fingerprint density at radius 3 is 2.53 bits per heavy atom. The van der Waals surface area contributed by atoms with Crippen LogP contribution in [-0.4, -0.2) is 20.2 Å². The first kappa shape index (κ1) is 13.6. The molecule has 0 bridgehead atoms. The monoisotopic (exact) mass is 320 g/mol. The van der Waals surface area contributed by atoms with E-state index in [9.17, 15) is 4.79 Å². The molecule has 0 unspecified atom stereocenters. The van der Waals surface area contributed by atoms with E-state index in [2.05, 4.69) is 15.9 Å². The quantitative estimate of drug-likeness (QED) is 0.804. The van der Waals surface area contributed by atoms with Crippen molar-refractivity contribution >= 4 is 21.9 Å². The normalized spacial score (nSPS) is 10.1. The molecule has 2 aromatic carbocycles. The van der Waals surface area contributed by atoms with Crippen LogP contribution < -0.4 is 4.74 Å². The van der Waals surface area contributed by atoms with E-state index >= 15 is 0 Å². The van der Waals surface area contributed by atoms with Gasteiger partial charge in [0.1, 0.15) is 5.75 Å². The number of rotatable bonds is 3. The minimum Gasteiger partial charge on any atom is -0.495 e. The summed E-state index contributed by atoms with van der Waals surface area (Å²) in [4.78, 5) is 11.6. The molecule has 0 aliphatic carbocycles. The van der Waals surface area contributed by atoms with Gasteiger partial charge in [0.15, 0.2) is 0 Å². The first-order valence-electron chi connectivity index (χ1n) is 5.68. The van der Waals surface area contributed by atoms with E-state index in [-0.39, 0.29) is 5.97 Å². The highest BCUT2D eigenvalue weighted by Gasteiger charge is 2.11. The molecule has 0 spiro atoms. The van der Waals surface area contributed by atoms with Gasteiger partial charge in [0.2, 0.25) is 0 Å². The van der Waals surface area contributed by atoms with Gasteiger partial charge in [-0.05, 0) is 39.7 Å². The largest absolute Gasteiger partial charge is 0.495 e. The second-order valence-electron chi connectivity index (χ2n) is 3.89. The van der Waals surface area contributed by atoms with E-state index in [1.807, 2.05) is 30.3 Å². The number of esters is 1. The summed E-state index contributed by atoms with van der Waals surface area (Å²) in [5.74, 6) is 0.389. The molecule has 0 fully saturated rings. The molecule has 0 aliphatic rings. The van der Waals surface area contributed by atoms with Crippen molar-refractivity contribution in [1.29, 1.82) is 0 Å². The maximum atomic E-state index is 11.6. The van der Waals surface area contributed by atoms with Crippen LogP contribution in [0.25, 0.3) is 11.1 Å². The van der Waals surface area contributed by atoms with Crippen LogP contribution in [0, 0.1) is 0 Å². The Hall–Kier alpha value is -1.81. The molecule has 19 heavy (non-hydrogen) atoms. The van der Waals surface area contributed by atoms with Crippen molar-refractivity contribution in [2.75, 3.05) is 14.2 Å². The SMILES string of the molecule is COC(=O)c1cccc(-c2cccc(Br)c2OC)c1. The minimum absolute atomic E-state index is 0.351. The van der Waals surface area contributed by atoms with Crippen molar-refractivity contribution in [2.24, 2.45) is 0 Å². The fourth-order valence-electron chi connectivity index (χ4n) is 1.88. The lowest BCUT2D eigenvalue weighted by atomic mass is 10.0. The highest BCUT2D eigenvalue weighted by atomic mass is 79.9. The summed E-state index contributed by atoms with van der Waals surface area (Å²) in [5.41, 5.74) is 2.34. The van der Waals surface area contributed by atoms with Gasteiger partial charge in [0.25, 0.3) is 0 Å². The van der Waals surface area contributed by atoms with Crippen molar-refractivity contribution in [3.63, 3.8) is 0 Å². The fraction of sp³-hybridized carbons (Fsp3) is 0.133. The second-order valence-corrected chi connectivity index (χ2v) is 4.75. The minimum atomic E-state index is -0.351. The number of halogens is 1. The zero-order chi connectivity index (χ0) is 13.8. The molecule has 0 aromatic heterocycles. The van der Waals surface area contributed by atoms with Crippen molar-refractivity contribution in [1.82, 2.24) is 0 Å². The Kier molecular flexibility index (Phi) is 4.22. The molecule has 2 aromatic rings. The standard InChI is InChI=1S/C15H13BrO3/c1-18-14-12(7-4-8-13(14)16)10-5-3-6-11(9-10)15(17)19-2/h3-9H,1-2H3. The van der Waals surface area contributed by atoms with Crippen LogP contribution in [0.2, 0.25) is 0 Å². The zero-order valence-corrected chi connectivity index (χ0v) is 12.2. The molecule has 2 rings (SSSR count). The molecule has 0 amide bonds. The molecule has 4 heteroatoms. The lowest BCUT2D eigenvalue weighted by molar-refractivity contribution is 0.0601. The van der Waals surface area contributed by atoms with E-state index in [1.54, 1.807) is 19.2 Å². The topological polar surface area (TPSA) is 35.5 Å². The molecule has 0 saturated carbocycles. The van der Waals surface area contributed by atoms with Crippen LogP contribution in [0.3, 0.4) is 0 Å². The van der Waals surface area contributed by atoms with Gasteiger partial charge in [0, 0.05) is 5.56 Å². The Morgan fingerprint density at radius 1 is 1.11 bits per heavy atom. The molecule has 0 heterocycles. The van der Waals surface area contributed by atoms with Crippen molar-refractivity contribution in [3.05, 3.63) is 52.5 Å². The number of benzene rings is 2. The summed E-state index contributed by atoms with van der Waals surface area (Å²) >= 11 is 3.45. The van der Waals surface area contributed by atoms with E-state index in [4.69, 9.17) is 9.47 Å². The Bertz CT molecular complexity index is 608. The summed E-state index contributed by atoms with van der Waals surface area (Å²) in [6.07, 6.45) is 0. The van der Waals surface area contributed by atoms with E-state index in [0.717, 1.165) is 21.3 Å². The van der Waals surface area contributed by atoms with Gasteiger partial charge in [-0.1, -0.05) is 24.3 Å². The first-order valence-corrected chi connectivity index (χ1v) is 6.48. The van der Waals surface area contributed by atoms with Crippen LogP contribution in [0.4, 0.5) is 0 Å². The van der Waals surface area contributed by atoms with Crippen LogP contribution in [0.15, 0.2) is 46.9 Å². The van der Waals surface area contributed by atoms with Crippen LogP contribution in [0.1, 0.15) is 10.4 Å². The molecule has 0 radical (unpaired) electrons. The van der Waals surface area contributed by atoms with E-state index in [1.165, 1.54) is 7.11 Å². The highest BCUT2D eigenvalue weighted by molar-refractivity contribution is 9.10. The lowest BCUT2D eigenvalue weighted by Gasteiger charge is -2.11. The van der Waals surface area contributed by atoms with Gasteiger partial charge in [-0.3, -0.25) is 0 Å². The summed E-state index contributed by atoms with van der Waals surface area (Å²) in [6.45, 7) is 0. The Morgan fingerprint density at radius 2 is 1.84 bits per heavy atom. The summed E-state index contributed by atoms with van der Waals surface area (Å²) in [5, 5.41) is 0. The average Bonchev–Trinajstić information content (AvgIpc) is 2.46. The summed E-state index contributed by atoms with van der Waals surface area (Å²) in [7, 11) is 2.99. The summed E-state index contributed by atoms with van der Waals surface area (Å²) < 4.78 is 11.0. The Labute approximate surface area is 120 Å². The fourth-order valence-corrected chi connectivity index (χ4v) is 2.40. The number of carbonyl (C=O) groups excluding carboxylic acids is 1. The molecule has 0 saturated heterocycles. The van der Waals surface area contributed by atoms with Gasteiger partial charge >= 0.3 is 5.97 Å². The van der Waals surface area contributed by atoms with Crippen LogP contribution in [-0.2, 0) is 4.74 Å². The summed E-state index contributed by atoms with van der Waals surface area (Å²) in [6, 6.07) is 13.0. The number of hydrogen-bond donors (Lipinski definition) is 0. The van der Waals surface area contributed by atoms with Crippen molar-refractivity contribution < 1.29 is 14.3 Å². The maximum Gasteiger partial charge on any atom is 0.337 e. The van der Waals surface area contributed by atoms with Crippen molar-refractivity contribution in [3.8, 4) is 16.9 Å². The van der Waals surface area contributed by atoms with Crippen LogP contribution >= 0.6 is 15.9 Å². The smallest absolute Gasteiger partial charge is 0.337 e. The number of carbonyl (C=O) groups is 1. The Balaban J connectivity index is 2.53. The number of ether oxygens (including phenoxy) is 2. The molecule has 0 atom stereocenters.